The third-order valence-electron chi connectivity index (χ3n) is 3.15. The summed E-state index contributed by atoms with van der Waals surface area (Å²) in [6, 6.07) is 0. The number of nitrogens with zero attached hydrogens (tertiary/aromatic N) is 3. The highest BCUT2D eigenvalue weighted by Gasteiger charge is 2.23. The fraction of sp³-hybridized carbons (Fsp3) is 0.889. The van der Waals surface area contributed by atoms with Crippen molar-refractivity contribution in [1.29, 1.82) is 0 Å². The van der Waals surface area contributed by atoms with Gasteiger partial charge >= 0.3 is 0 Å². The zero-order valence-electron chi connectivity index (χ0n) is 8.03. The molecule has 0 spiro atoms. The maximum absolute atomic E-state index is 4.04. The molecular formula is C9H16N4. The molecule has 2 rings (SSSR count). The van der Waals surface area contributed by atoms with Crippen LogP contribution in [-0.4, -0.2) is 20.6 Å². The van der Waals surface area contributed by atoms with Crippen LogP contribution >= 0.6 is 0 Å². The Labute approximate surface area is 78.1 Å². The highest BCUT2D eigenvalue weighted by Crippen LogP contribution is 2.34. The van der Waals surface area contributed by atoms with Gasteiger partial charge in [0.2, 0.25) is 0 Å². The molecule has 1 aliphatic carbocycles. The molecule has 72 valence electrons. The van der Waals surface area contributed by atoms with Crippen molar-refractivity contribution in [1.82, 2.24) is 20.6 Å². The van der Waals surface area contributed by atoms with E-state index in [2.05, 4.69) is 27.5 Å². The van der Waals surface area contributed by atoms with E-state index in [1.165, 1.54) is 32.1 Å². The van der Waals surface area contributed by atoms with Crippen molar-refractivity contribution in [2.24, 2.45) is 5.92 Å². The molecule has 4 heteroatoms. The molecule has 0 aromatic carbocycles. The van der Waals surface area contributed by atoms with Crippen molar-refractivity contribution in [2.75, 3.05) is 0 Å². The van der Waals surface area contributed by atoms with Crippen molar-refractivity contribution in [3.8, 4) is 0 Å². The van der Waals surface area contributed by atoms with Gasteiger partial charge in [-0.3, -0.25) is 0 Å². The van der Waals surface area contributed by atoms with Gasteiger partial charge < -0.3 is 0 Å². The summed E-state index contributed by atoms with van der Waals surface area (Å²) < 4.78 is 0. The molecule has 0 radical (unpaired) electrons. The summed E-state index contributed by atoms with van der Waals surface area (Å²) in [7, 11) is 0. The number of tetrazole rings is 1. The summed E-state index contributed by atoms with van der Waals surface area (Å²) in [5.41, 5.74) is 0. The van der Waals surface area contributed by atoms with Gasteiger partial charge in [0, 0.05) is 5.92 Å². The minimum absolute atomic E-state index is 0.557. The molecule has 4 nitrogen and oxygen atoms in total. The van der Waals surface area contributed by atoms with E-state index < -0.39 is 0 Å². The normalized spacial score (nSPS) is 29.0. The first kappa shape index (κ1) is 8.66. The van der Waals surface area contributed by atoms with E-state index in [0.717, 1.165) is 11.7 Å². The van der Waals surface area contributed by atoms with E-state index in [1.54, 1.807) is 0 Å². The van der Waals surface area contributed by atoms with Crippen LogP contribution in [0.4, 0.5) is 0 Å². The number of hydrogen-bond acceptors (Lipinski definition) is 3. The lowest BCUT2D eigenvalue weighted by Gasteiger charge is -2.25. The van der Waals surface area contributed by atoms with Crippen molar-refractivity contribution < 1.29 is 0 Å². The zero-order valence-corrected chi connectivity index (χ0v) is 8.03. The number of nitrogens with one attached hydrogen (secondary N) is 1. The first-order valence-corrected chi connectivity index (χ1v) is 5.13. The summed E-state index contributed by atoms with van der Waals surface area (Å²) in [5.74, 6) is 2.40. The Morgan fingerprint density at radius 3 is 2.62 bits per heavy atom. The van der Waals surface area contributed by atoms with Crippen molar-refractivity contribution in [3.63, 3.8) is 0 Å². The van der Waals surface area contributed by atoms with Crippen LogP contribution in [0.2, 0.25) is 0 Å². The molecule has 1 aromatic heterocycles. The second-order valence-electron chi connectivity index (χ2n) is 3.90. The number of aromatic amines is 1. The fourth-order valence-corrected chi connectivity index (χ4v) is 2.17. The van der Waals surface area contributed by atoms with Crippen LogP contribution < -0.4 is 0 Å². The molecule has 0 bridgehead atoms. The molecule has 1 aliphatic rings. The molecule has 0 amide bonds. The smallest absolute Gasteiger partial charge is 0.177 e. The number of H-pyrrole nitrogens is 1. The lowest BCUT2D eigenvalue weighted by molar-refractivity contribution is 0.312. The lowest BCUT2D eigenvalue weighted by Crippen LogP contribution is -2.13. The standard InChI is InChI=1S/C9H16N4/c1-2-7-3-5-8(6-4-7)9-10-12-13-11-9/h7-8H,2-6H2,1H3,(H,10,11,12,13). The van der Waals surface area contributed by atoms with Crippen LogP contribution in [0.5, 0.6) is 0 Å². The van der Waals surface area contributed by atoms with Gasteiger partial charge in [-0.15, -0.1) is 10.2 Å². The van der Waals surface area contributed by atoms with E-state index >= 15 is 0 Å². The molecule has 1 fully saturated rings. The molecule has 13 heavy (non-hydrogen) atoms. The molecule has 1 saturated carbocycles. The molecule has 0 unspecified atom stereocenters. The summed E-state index contributed by atoms with van der Waals surface area (Å²) in [4.78, 5) is 0. The topological polar surface area (TPSA) is 54.5 Å². The Morgan fingerprint density at radius 1 is 1.31 bits per heavy atom. The maximum Gasteiger partial charge on any atom is 0.177 e. The third-order valence-corrected chi connectivity index (χ3v) is 3.15. The van der Waals surface area contributed by atoms with Gasteiger partial charge in [0.25, 0.3) is 0 Å². The van der Waals surface area contributed by atoms with Gasteiger partial charge in [0.1, 0.15) is 0 Å². The first-order valence-electron chi connectivity index (χ1n) is 5.13. The minimum atomic E-state index is 0.557. The van der Waals surface area contributed by atoms with Crippen LogP contribution in [0, 0.1) is 5.92 Å². The fourth-order valence-electron chi connectivity index (χ4n) is 2.17. The average molecular weight is 180 g/mol. The summed E-state index contributed by atoms with van der Waals surface area (Å²) in [5, 5.41) is 14.2. The summed E-state index contributed by atoms with van der Waals surface area (Å²) in [6.45, 7) is 2.28. The Bertz CT molecular complexity index is 236. The Balaban J connectivity index is 1.92. The maximum atomic E-state index is 4.04. The average Bonchev–Trinajstić information content (AvgIpc) is 2.71. The Hall–Kier alpha value is -0.930. The number of rotatable bonds is 2. The second-order valence-corrected chi connectivity index (χ2v) is 3.90. The Morgan fingerprint density at radius 2 is 2.08 bits per heavy atom. The molecule has 0 saturated heterocycles. The van der Waals surface area contributed by atoms with E-state index in [4.69, 9.17) is 0 Å². The largest absolute Gasteiger partial charge is 0.177 e. The van der Waals surface area contributed by atoms with Crippen molar-refractivity contribution >= 4 is 0 Å². The van der Waals surface area contributed by atoms with Crippen molar-refractivity contribution in [2.45, 2.75) is 44.9 Å². The first-order chi connectivity index (χ1) is 6.40. The van der Waals surface area contributed by atoms with Gasteiger partial charge in [-0.05, 0) is 31.6 Å². The molecule has 0 atom stereocenters. The van der Waals surface area contributed by atoms with E-state index in [9.17, 15) is 0 Å². The summed E-state index contributed by atoms with van der Waals surface area (Å²) >= 11 is 0. The predicted octanol–water partition coefficient (Wildman–Crippen LogP) is 1.88. The van der Waals surface area contributed by atoms with Gasteiger partial charge in [0.05, 0.1) is 0 Å². The predicted molar refractivity (Wildman–Crippen MR) is 49.2 cm³/mol. The van der Waals surface area contributed by atoms with Crippen LogP contribution in [0.25, 0.3) is 0 Å². The number of hydrogen-bond donors (Lipinski definition) is 1. The minimum Gasteiger partial charge on any atom is -0.177 e. The SMILES string of the molecule is CCC1CCC(c2nn[nH]n2)CC1. The molecule has 1 heterocycles. The van der Waals surface area contributed by atoms with Crippen LogP contribution in [0.3, 0.4) is 0 Å². The van der Waals surface area contributed by atoms with Crippen LogP contribution in [-0.2, 0) is 0 Å². The lowest BCUT2D eigenvalue weighted by atomic mass is 9.80. The van der Waals surface area contributed by atoms with E-state index in [0.29, 0.717) is 5.92 Å². The van der Waals surface area contributed by atoms with Crippen LogP contribution in [0.15, 0.2) is 0 Å². The van der Waals surface area contributed by atoms with E-state index in [-0.39, 0.29) is 0 Å². The number of aromatic nitrogens is 4. The van der Waals surface area contributed by atoms with Crippen molar-refractivity contribution in [3.05, 3.63) is 5.82 Å². The highest BCUT2D eigenvalue weighted by atomic mass is 15.5. The molecule has 1 aromatic rings. The monoisotopic (exact) mass is 180 g/mol. The quantitative estimate of drug-likeness (QED) is 0.756. The van der Waals surface area contributed by atoms with Gasteiger partial charge in [-0.1, -0.05) is 18.6 Å². The van der Waals surface area contributed by atoms with E-state index in [1.807, 2.05) is 0 Å². The summed E-state index contributed by atoms with van der Waals surface area (Å²) in [6.07, 6.45) is 6.44. The van der Waals surface area contributed by atoms with Gasteiger partial charge in [0.15, 0.2) is 5.82 Å². The molecular weight excluding hydrogens is 164 g/mol. The van der Waals surface area contributed by atoms with Crippen LogP contribution in [0.1, 0.15) is 50.8 Å². The zero-order chi connectivity index (χ0) is 9.10. The van der Waals surface area contributed by atoms with Gasteiger partial charge in [-0.25, -0.2) is 0 Å². The Kier molecular flexibility index (Phi) is 2.57. The highest BCUT2D eigenvalue weighted by molar-refractivity contribution is 4.93. The molecule has 1 N–H and O–H groups in total. The second kappa shape index (κ2) is 3.85. The molecule has 0 aliphatic heterocycles. The van der Waals surface area contributed by atoms with Gasteiger partial charge in [-0.2, -0.15) is 5.21 Å². The third kappa shape index (κ3) is 1.87.